The summed E-state index contributed by atoms with van der Waals surface area (Å²) in [4.78, 5) is 11.0. The minimum Gasteiger partial charge on any atom is -0.507 e. The standard InChI is InChI=1S/C24H40O4/c1-21(2,3)14-23(7,8)17-11-16(28-13-19(25)26)12-18(20(17)27)24(9,10)15-22(4,5)6/h11-12,27H,13-15H2,1-10H3,(H,25,26). The third-order valence-electron chi connectivity index (χ3n) is 4.85. The van der Waals surface area contributed by atoms with Gasteiger partial charge >= 0.3 is 5.97 Å². The van der Waals surface area contributed by atoms with E-state index in [-0.39, 0.29) is 21.7 Å². The van der Waals surface area contributed by atoms with Gasteiger partial charge < -0.3 is 14.9 Å². The lowest BCUT2D eigenvalue weighted by Crippen LogP contribution is -2.28. The van der Waals surface area contributed by atoms with E-state index in [9.17, 15) is 9.90 Å². The van der Waals surface area contributed by atoms with Crippen molar-refractivity contribution in [3.8, 4) is 11.5 Å². The largest absolute Gasteiger partial charge is 0.507 e. The summed E-state index contributed by atoms with van der Waals surface area (Å²) < 4.78 is 5.54. The number of rotatable bonds is 7. The highest BCUT2D eigenvalue weighted by atomic mass is 16.5. The molecule has 28 heavy (non-hydrogen) atoms. The number of carboxylic acids is 1. The molecule has 0 bridgehead atoms. The van der Waals surface area contributed by atoms with E-state index in [4.69, 9.17) is 9.84 Å². The van der Waals surface area contributed by atoms with E-state index in [1.807, 2.05) is 0 Å². The Morgan fingerprint density at radius 2 is 1.18 bits per heavy atom. The minimum atomic E-state index is -1.01. The molecule has 0 saturated carbocycles. The lowest BCUT2D eigenvalue weighted by molar-refractivity contribution is -0.139. The van der Waals surface area contributed by atoms with Gasteiger partial charge in [-0.05, 0) is 46.6 Å². The lowest BCUT2D eigenvalue weighted by Gasteiger charge is -2.37. The molecule has 0 spiro atoms. The van der Waals surface area contributed by atoms with Crippen LogP contribution in [0.15, 0.2) is 12.1 Å². The molecule has 4 nitrogen and oxygen atoms in total. The molecule has 0 radical (unpaired) electrons. The van der Waals surface area contributed by atoms with Crippen LogP contribution in [0.25, 0.3) is 0 Å². The van der Waals surface area contributed by atoms with Crippen molar-refractivity contribution in [3.05, 3.63) is 23.3 Å². The maximum Gasteiger partial charge on any atom is 0.341 e. The van der Waals surface area contributed by atoms with E-state index < -0.39 is 12.6 Å². The van der Waals surface area contributed by atoms with Crippen LogP contribution in [0.5, 0.6) is 11.5 Å². The van der Waals surface area contributed by atoms with Crippen LogP contribution in [0.1, 0.15) is 93.2 Å². The number of hydrogen-bond acceptors (Lipinski definition) is 3. The van der Waals surface area contributed by atoms with Gasteiger partial charge in [0.05, 0.1) is 0 Å². The van der Waals surface area contributed by atoms with Gasteiger partial charge in [-0.1, -0.05) is 69.2 Å². The zero-order chi connectivity index (χ0) is 22.1. The second-order valence-corrected chi connectivity index (χ2v) is 11.8. The van der Waals surface area contributed by atoms with E-state index in [1.54, 1.807) is 12.1 Å². The second-order valence-electron chi connectivity index (χ2n) is 11.8. The molecular formula is C24H40O4. The molecule has 1 aromatic carbocycles. The number of phenolic OH excluding ortho intramolecular Hbond substituents is 1. The monoisotopic (exact) mass is 392 g/mol. The van der Waals surface area contributed by atoms with Crippen molar-refractivity contribution in [2.24, 2.45) is 10.8 Å². The van der Waals surface area contributed by atoms with Crippen molar-refractivity contribution >= 4 is 5.97 Å². The fraction of sp³-hybridized carbons (Fsp3) is 0.708. The molecule has 0 fully saturated rings. The Labute approximate surface area is 171 Å². The second kappa shape index (κ2) is 7.96. The Hall–Kier alpha value is -1.71. The number of ether oxygens (including phenoxy) is 1. The van der Waals surface area contributed by atoms with Crippen LogP contribution in [0.4, 0.5) is 0 Å². The van der Waals surface area contributed by atoms with Gasteiger partial charge in [-0.25, -0.2) is 4.79 Å². The van der Waals surface area contributed by atoms with E-state index in [2.05, 4.69) is 69.2 Å². The zero-order valence-electron chi connectivity index (χ0n) is 19.5. The van der Waals surface area contributed by atoms with Gasteiger partial charge in [0.25, 0.3) is 0 Å². The van der Waals surface area contributed by atoms with Crippen molar-refractivity contribution < 1.29 is 19.7 Å². The van der Waals surface area contributed by atoms with Crippen molar-refractivity contribution in [1.29, 1.82) is 0 Å². The van der Waals surface area contributed by atoms with Crippen molar-refractivity contribution in [3.63, 3.8) is 0 Å². The Kier molecular flexibility index (Phi) is 6.92. The first-order valence-corrected chi connectivity index (χ1v) is 10.1. The third kappa shape index (κ3) is 7.03. The van der Waals surface area contributed by atoms with Gasteiger partial charge in [-0.15, -0.1) is 0 Å². The molecule has 0 aliphatic heterocycles. The third-order valence-corrected chi connectivity index (χ3v) is 4.85. The summed E-state index contributed by atoms with van der Waals surface area (Å²) in [6.45, 7) is 21.2. The topological polar surface area (TPSA) is 66.8 Å². The normalized spacial score (nSPS) is 13.5. The Balaban J connectivity index is 3.59. The maximum absolute atomic E-state index is 11.3. The van der Waals surface area contributed by atoms with Crippen LogP contribution in [0.2, 0.25) is 0 Å². The highest BCUT2D eigenvalue weighted by molar-refractivity contribution is 5.68. The molecule has 160 valence electrons. The van der Waals surface area contributed by atoms with Crippen molar-refractivity contribution in [1.82, 2.24) is 0 Å². The molecule has 1 aromatic rings. The van der Waals surface area contributed by atoms with Crippen LogP contribution >= 0.6 is 0 Å². The molecule has 0 saturated heterocycles. The molecular weight excluding hydrogens is 352 g/mol. The van der Waals surface area contributed by atoms with E-state index in [1.165, 1.54) is 0 Å². The first-order chi connectivity index (χ1) is 12.3. The summed E-state index contributed by atoms with van der Waals surface area (Å²) in [5, 5.41) is 20.3. The van der Waals surface area contributed by atoms with Crippen LogP contribution in [-0.2, 0) is 15.6 Å². The predicted molar refractivity (Wildman–Crippen MR) is 115 cm³/mol. The van der Waals surface area contributed by atoms with Gasteiger partial charge in [-0.2, -0.15) is 0 Å². The number of benzene rings is 1. The van der Waals surface area contributed by atoms with Crippen molar-refractivity contribution in [2.75, 3.05) is 6.61 Å². The van der Waals surface area contributed by atoms with E-state index in [0.717, 1.165) is 24.0 Å². The SMILES string of the molecule is CC(C)(C)CC(C)(C)c1cc(OCC(=O)O)cc(C(C)(C)CC(C)(C)C)c1O. The first kappa shape index (κ1) is 24.3. The van der Waals surface area contributed by atoms with Gasteiger partial charge in [0.2, 0.25) is 0 Å². The average molecular weight is 393 g/mol. The number of carbonyl (C=O) groups is 1. The van der Waals surface area contributed by atoms with Gasteiger partial charge in [0.15, 0.2) is 6.61 Å². The lowest BCUT2D eigenvalue weighted by atomic mass is 9.68. The Bertz CT molecular complexity index is 651. The molecule has 0 unspecified atom stereocenters. The Morgan fingerprint density at radius 1 is 0.821 bits per heavy atom. The van der Waals surface area contributed by atoms with Crippen LogP contribution in [-0.4, -0.2) is 22.8 Å². The van der Waals surface area contributed by atoms with Crippen LogP contribution < -0.4 is 4.74 Å². The van der Waals surface area contributed by atoms with Gasteiger partial charge in [0, 0.05) is 11.1 Å². The summed E-state index contributed by atoms with van der Waals surface area (Å²) >= 11 is 0. The molecule has 2 N–H and O–H groups in total. The summed E-state index contributed by atoms with van der Waals surface area (Å²) in [6, 6.07) is 3.61. The summed E-state index contributed by atoms with van der Waals surface area (Å²) in [6.07, 6.45) is 1.74. The van der Waals surface area contributed by atoms with Crippen molar-refractivity contribution in [2.45, 2.75) is 92.9 Å². The average Bonchev–Trinajstić information content (AvgIpc) is 2.40. The summed E-state index contributed by atoms with van der Waals surface area (Å²) in [5.41, 5.74) is 1.18. The first-order valence-electron chi connectivity index (χ1n) is 10.1. The Morgan fingerprint density at radius 3 is 1.46 bits per heavy atom. The molecule has 1 rings (SSSR count). The number of aromatic hydroxyl groups is 1. The zero-order valence-corrected chi connectivity index (χ0v) is 19.5. The van der Waals surface area contributed by atoms with Gasteiger partial charge in [-0.3, -0.25) is 0 Å². The molecule has 0 aliphatic carbocycles. The fourth-order valence-electron chi connectivity index (χ4n) is 4.71. The van der Waals surface area contributed by atoms with Crippen LogP contribution in [0, 0.1) is 10.8 Å². The summed E-state index contributed by atoms with van der Waals surface area (Å²) in [5.74, 6) is -0.223. The smallest absolute Gasteiger partial charge is 0.341 e. The maximum atomic E-state index is 11.3. The fourth-order valence-corrected chi connectivity index (χ4v) is 4.71. The number of aliphatic carboxylic acids is 1. The van der Waals surface area contributed by atoms with E-state index in [0.29, 0.717) is 11.5 Å². The number of phenols is 1. The van der Waals surface area contributed by atoms with E-state index >= 15 is 0 Å². The quantitative estimate of drug-likeness (QED) is 0.573. The minimum absolute atomic E-state index is 0.0783. The van der Waals surface area contributed by atoms with Gasteiger partial charge in [0.1, 0.15) is 11.5 Å². The van der Waals surface area contributed by atoms with Crippen LogP contribution in [0.3, 0.4) is 0 Å². The molecule has 0 atom stereocenters. The summed E-state index contributed by atoms with van der Waals surface area (Å²) in [7, 11) is 0. The molecule has 0 aromatic heterocycles. The number of carboxylic acid groups (broad SMARTS) is 1. The molecule has 0 aliphatic rings. The molecule has 4 heteroatoms. The number of hydrogen-bond donors (Lipinski definition) is 2. The predicted octanol–water partition coefficient (Wildman–Crippen LogP) is 6.28. The highest BCUT2D eigenvalue weighted by Crippen LogP contribution is 2.48. The molecule has 0 heterocycles. The molecule has 0 amide bonds. The highest BCUT2D eigenvalue weighted by Gasteiger charge is 2.35.